The van der Waals surface area contributed by atoms with Gasteiger partial charge in [-0.05, 0) is 6.07 Å². The fourth-order valence-electron chi connectivity index (χ4n) is 1.000. The molecule has 0 bridgehead atoms. The molecular weight excluding hydrogens is 253 g/mol. The summed E-state index contributed by atoms with van der Waals surface area (Å²) in [7, 11) is 0. The third kappa shape index (κ3) is 3.41. The number of aromatic nitrogens is 1. The van der Waals surface area contributed by atoms with Gasteiger partial charge in [-0.15, -0.1) is 13.2 Å². The molecule has 4 nitrogen and oxygen atoms in total. The lowest BCUT2D eigenvalue weighted by Crippen LogP contribution is -2.18. The number of aromatic hydroxyl groups is 1. The number of nitrogens with zero attached hydrogens (tertiary/aromatic N) is 1. The van der Waals surface area contributed by atoms with Crippen LogP contribution in [0.25, 0.3) is 0 Å². The number of pyridine rings is 1. The maximum absolute atomic E-state index is 12.3. The first-order valence-corrected chi connectivity index (χ1v) is 4.12. The Morgan fingerprint density at radius 2 is 1.94 bits per heavy atom. The average molecular weight is 259 g/mol. The average Bonchev–Trinajstić information content (AvgIpc) is 2.18. The SMILES string of the molecule is OCc1cc(C(F)F)nc(OC(F)(F)F)c1O. The number of rotatable bonds is 3. The minimum atomic E-state index is -5.18. The summed E-state index contributed by atoms with van der Waals surface area (Å²) in [6.45, 7) is -0.928. The number of halogens is 5. The number of hydrogen-bond acceptors (Lipinski definition) is 4. The predicted octanol–water partition coefficient (Wildman–Crippen LogP) is 2.12. The molecule has 0 aliphatic heterocycles. The minimum absolute atomic E-state index is 0.533. The third-order valence-corrected chi connectivity index (χ3v) is 1.67. The molecule has 0 unspecified atom stereocenters. The van der Waals surface area contributed by atoms with E-state index in [-0.39, 0.29) is 0 Å². The molecular formula is C8H6F5NO3. The largest absolute Gasteiger partial charge is 0.574 e. The van der Waals surface area contributed by atoms with Crippen LogP contribution in [0.5, 0.6) is 11.6 Å². The van der Waals surface area contributed by atoms with Crippen LogP contribution in [0.3, 0.4) is 0 Å². The van der Waals surface area contributed by atoms with Crippen molar-refractivity contribution in [3.8, 4) is 11.6 Å². The predicted molar refractivity (Wildman–Crippen MR) is 43.5 cm³/mol. The van der Waals surface area contributed by atoms with E-state index in [4.69, 9.17) is 10.2 Å². The molecule has 9 heteroatoms. The van der Waals surface area contributed by atoms with Crippen molar-refractivity contribution >= 4 is 0 Å². The zero-order valence-corrected chi connectivity index (χ0v) is 8.00. The molecule has 0 amide bonds. The van der Waals surface area contributed by atoms with Crippen LogP contribution >= 0.6 is 0 Å². The standard InChI is InChI=1S/C8H6F5NO3/c9-6(10)4-1-3(2-15)5(16)7(14-4)17-8(11,12)13/h1,6,15-16H,2H2. The van der Waals surface area contributed by atoms with E-state index in [0.717, 1.165) is 0 Å². The molecule has 2 N–H and O–H groups in total. The van der Waals surface area contributed by atoms with Crippen molar-refractivity contribution < 1.29 is 36.9 Å². The first-order valence-electron chi connectivity index (χ1n) is 4.12. The van der Waals surface area contributed by atoms with Gasteiger partial charge in [-0.25, -0.2) is 13.8 Å². The van der Waals surface area contributed by atoms with Crippen molar-refractivity contribution in [1.82, 2.24) is 4.98 Å². The summed E-state index contributed by atoms with van der Waals surface area (Å²) in [6.07, 6.45) is -8.34. The number of aliphatic hydroxyl groups excluding tert-OH is 1. The van der Waals surface area contributed by atoms with E-state index >= 15 is 0 Å². The molecule has 1 aromatic heterocycles. The molecule has 0 aliphatic carbocycles. The van der Waals surface area contributed by atoms with Crippen molar-refractivity contribution in [2.45, 2.75) is 19.4 Å². The second-order valence-corrected chi connectivity index (χ2v) is 2.87. The molecule has 0 fully saturated rings. The highest BCUT2D eigenvalue weighted by atomic mass is 19.4. The van der Waals surface area contributed by atoms with E-state index in [2.05, 4.69) is 9.72 Å². The molecule has 0 radical (unpaired) electrons. The van der Waals surface area contributed by atoms with Crippen LogP contribution in [0.15, 0.2) is 6.07 Å². The smallest absolute Gasteiger partial charge is 0.503 e. The zero-order chi connectivity index (χ0) is 13.2. The van der Waals surface area contributed by atoms with Gasteiger partial charge in [0.2, 0.25) is 0 Å². The van der Waals surface area contributed by atoms with Crippen molar-refractivity contribution in [3.63, 3.8) is 0 Å². The Kier molecular flexibility index (Phi) is 3.71. The lowest BCUT2D eigenvalue weighted by atomic mass is 10.2. The van der Waals surface area contributed by atoms with Crippen LogP contribution in [0.2, 0.25) is 0 Å². The summed E-state index contributed by atoms with van der Waals surface area (Å²) in [4.78, 5) is 2.81. The van der Waals surface area contributed by atoms with Crippen LogP contribution in [0.4, 0.5) is 22.0 Å². The molecule has 0 aliphatic rings. The Hall–Kier alpha value is -1.64. The monoisotopic (exact) mass is 259 g/mol. The molecule has 96 valence electrons. The van der Waals surface area contributed by atoms with E-state index in [1.54, 1.807) is 0 Å². The second kappa shape index (κ2) is 4.70. The molecule has 0 saturated heterocycles. The topological polar surface area (TPSA) is 62.6 Å². The zero-order valence-electron chi connectivity index (χ0n) is 8.00. The molecule has 1 rings (SSSR count). The summed E-state index contributed by atoms with van der Waals surface area (Å²) >= 11 is 0. The summed E-state index contributed by atoms with van der Waals surface area (Å²) in [6, 6.07) is 0.587. The van der Waals surface area contributed by atoms with Crippen LogP contribution < -0.4 is 4.74 Å². The number of ether oxygens (including phenoxy) is 1. The quantitative estimate of drug-likeness (QED) is 0.816. The van der Waals surface area contributed by atoms with E-state index in [1.165, 1.54) is 0 Å². The lowest BCUT2D eigenvalue weighted by molar-refractivity contribution is -0.276. The van der Waals surface area contributed by atoms with Gasteiger partial charge < -0.3 is 14.9 Å². The van der Waals surface area contributed by atoms with Gasteiger partial charge in [0.1, 0.15) is 5.69 Å². The van der Waals surface area contributed by atoms with Crippen LogP contribution in [0.1, 0.15) is 17.7 Å². The molecule has 0 aromatic carbocycles. The van der Waals surface area contributed by atoms with Crippen molar-refractivity contribution in [3.05, 3.63) is 17.3 Å². The van der Waals surface area contributed by atoms with Gasteiger partial charge >= 0.3 is 6.36 Å². The molecule has 0 spiro atoms. The maximum atomic E-state index is 12.3. The first kappa shape index (κ1) is 13.4. The van der Waals surface area contributed by atoms with Crippen LogP contribution in [0, 0.1) is 0 Å². The second-order valence-electron chi connectivity index (χ2n) is 2.87. The highest BCUT2D eigenvalue weighted by molar-refractivity contribution is 5.42. The van der Waals surface area contributed by atoms with Gasteiger partial charge in [0, 0.05) is 5.56 Å². The van der Waals surface area contributed by atoms with Crippen LogP contribution in [-0.4, -0.2) is 21.6 Å². The Bertz CT molecular complexity index is 407. The van der Waals surface area contributed by atoms with Gasteiger partial charge in [0.15, 0.2) is 5.75 Å². The molecule has 1 heterocycles. The Labute approximate surface area is 91.3 Å². The van der Waals surface area contributed by atoms with Gasteiger partial charge in [-0.2, -0.15) is 0 Å². The number of aliphatic hydroxyl groups is 1. The van der Waals surface area contributed by atoms with Gasteiger partial charge in [-0.1, -0.05) is 0 Å². The fraction of sp³-hybridized carbons (Fsp3) is 0.375. The Balaban J connectivity index is 3.23. The summed E-state index contributed by atoms with van der Waals surface area (Å²) in [5.41, 5.74) is -1.57. The number of alkyl halides is 5. The number of hydrogen-bond donors (Lipinski definition) is 2. The summed E-state index contributed by atoms with van der Waals surface area (Å²) < 4.78 is 63.4. The van der Waals surface area contributed by atoms with Gasteiger partial charge in [0.05, 0.1) is 6.61 Å². The van der Waals surface area contributed by atoms with Gasteiger partial charge in [-0.3, -0.25) is 0 Å². The Morgan fingerprint density at radius 3 is 2.35 bits per heavy atom. The highest BCUT2D eigenvalue weighted by Crippen LogP contribution is 2.34. The minimum Gasteiger partial charge on any atom is -0.503 e. The molecule has 0 atom stereocenters. The van der Waals surface area contributed by atoms with E-state index < -0.39 is 42.3 Å². The lowest BCUT2D eigenvalue weighted by Gasteiger charge is -2.12. The Morgan fingerprint density at radius 1 is 1.35 bits per heavy atom. The highest BCUT2D eigenvalue weighted by Gasteiger charge is 2.34. The van der Waals surface area contributed by atoms with E-state index in [1.807, 2.05) is 0 Å². The molecule has 17 heavy (non-hydrogen) atoms. The molecule has 1 aromatic rings. The van der Waals surface area contributed by atoms with Crippen molar-refractivity contribution in [2.75, 3.05) is 0 Å². The third-order valence-electron chi connectivity index (χ3n) is 1.67. The first-order chi connectivity index (χ1) is 7.74. The van der Waals surface area contributed by atoms with Crippen LogP contribution in [-0.2, 0) is 6.61 Å². The van der Waals surface area contributed by atoms with Crippen molar-refractivity contribution in [2.24, 2.45) is 0 Å². The van der Waals surface area contributed by atoms with E-state index in [0.29, 0.717) is 6.07 Å². The van der Waals surface area contributed by atoms with E-state index in [9.17, 15) is 22.0 Å². The normalized spacial score (nSPS) is 11.9. The summed E-state index contributed by atoms with van der Waals surface area (Å²) in [5, 5.41) is 17.8. The molecule has 0 saturated carbocycles. The van der Waals surface area contributed by atoms with Gasteiger partial charge in [0.25, 0.3) is 12.3 Å². The maximum Gasteiger partial charge on any atom is 0.574 e. The summed E-state index contributed by atoms with van der Waals surface area (Å²) in [5.74, 6) is -2.55. The fourth-order valence-corrected chi connectivity index (χ4v) is 1.000. The van der Waals surface area contributed by atoms with Crippen molar-refractivity contribution in [1.29, 1.82) is 0 Å².